The molecule has 0 saturated carbocycles. The minimum absolute atomic E-state index is 0.0230. The van der Waals surface area contributed by atoms with Crippen molar-refractivity contribution in [2.45, 2.75) is 33.6 Å². The Balaban J connectivity index is 1.63. The van der Waals surface area contributed by atoms with Crippen LogP contribution in [-0.2, 0) is 11.2 Å². The fourth-order valence-corrected chi connectivity index (χ4v) is 3.51. The Labute approximate surface area is 167 Å². The molecule has 0 aliphatic carbocycles. The Kier molecular flexibility index (Phi) is 4.66. The van der Waals surface area contributed by atoms with E-state index in [9.17, 15) is 14.0 Å². The van der Waals surface area contributed by atoms with Crippen LogP contribution in [0.4, 0.5) is 15.8 Å². The summed E-state index contributed by atoms with van der Waals surface area (Å²) in [4.78, 5) is 24.4. The first-order chi connectivity index (χ1) is 13.8. The van der Waals surface area contributed by atoms with E-state index in [4.69, 9.17) is 0 Å². The minimum atomic E-state index is -0.534. The zero-order valence-electron chi connectivity index (χ0n) is 16.5. The number of halogens is 1. The molecule has 2 amide bonds. The van der Waals surface area contributed by atoms with Crippen LogP contribution < -0.4 is 10.6 Å². The highest BCUT2D eigenvalue weighted by atomic mass is 19.1. The summed E-state index contributed by atoms with van der Waals surface area (Å²) in [6.45, 7) is 5.77. The van der Waals surface area contributed by atoms with Gasteiger partial charge in [0.1, 0.15) is 5.82 Å². The first-order valence-electron chi connectivity index (χ1n) is 9.39. The van der Waals surface area contributed by atoms with Crippen LogP contribution in [0.5, 0.6) is 0 Å². The SMILES string of the molecule is Cc1ccc(C)c(-n2ncc(C(=O)Nc3cc4c(cc3F)CCC(=O)N4)c2C)c1. The minimum Gasteiger partial charge on any atom is -0.326 e. The van der Waals surface area contributed by atoms with Crippen LogP contribution >= 0.6 is 0 Å². The fraction of sp³-hybridized carbons (Fsp3) is 0.227. The van der Waals surface area contributed by atoms with E-state index in [-0.39, 0.29) is 11.6 Å². The lowest BCUT2D eigenvalue weighted by Gasteiger charge is -2.18. The number of fused-ring (bicyclic) bond motifs is 1. The molecular formula is C22H21FN4O2. The summed E-state index contributed by atoms with van der Waals surface area (Å²) in [5.41, 5.74) is 5.30. The van der Waals surface area contributed by atoms with Crippen molar-refractivity contribution in [3.05, 3.63) is 70.3 Å². The molecule has 6 nitrogen and oxygen atoms in total. The van der Waals surface area contributed by atoms with Gasteiger partial charge >= 0.3 is 0 Å². The average molecular weight is 392 g/mol. The van der Waals surface area contributed by atoms with Gasteiger partial charge in [0.2, 0.25) is 5.91 Å². The number of hydrogen-bond donors (Lipinski definition) is 2. The summed E-state index contributed by atoms with van der Waals surface area (Å²) >= 11 is 0. The Morgan fingerprint density at radius 3 is 2.76 bits per heavy atom. The molecule has 1 aromatic heterocycles. The van der Waals surface area contributed by atoms with E-state index < -0.39 is 11.7 Å². The van der Waals surface area contributed by atoms with Crippen molar-refractivity contribution in [3.8, 4) is 5.69 Å². The van der Waals surface area contributed by atoms with E-state index >= 15 is 0 Å². The second-order valence-electron chi connectivity index (χ2n) is 7.34. The molecule has 7 heteroatoms. The number of carbonyl (C=O) groups excluding carboxylic acids is 2. The largest absolute Gasteiger partial charge is 0.326 e. The second-order valence-corrected chi connectivity index (χ2v) is 7.34. The van der Waals surface area contributed by atoms with E-state index in [1.165, 1.54) is 18.3 Å². The lowest BCUT2D eigenvalue weighted by atomic mass is 10.0. The van der Waals surface area contributed by atoms with Gasteiger partial charge < -0.3 is 10.6 Å². The highest BCUT2D eigenvalue weighted by molar-refractivity contribution is 6.05. The maximum atomic E-state index is 14.5. The van der Waals surface area contributed by atoms with E-state index in [1.807, 2.05) is 32.0 Å². The van der Waals surface area contributed by atoms with Crippen molar-refractivity contribution in [1.82, 2.24) is 9.78 Å². The van der Waals surface area contributed by atoms with Crippen LogP contribution in [0.3, 0.4) is 0 Å². The van der Waals surface area contributed by atoms with Gasteiger partial charge in [0, 0.05) is 12.1 Å². The third kappa shape index (κ3) is 3.51. The highest BCUT2D eigenvalue weighted by Crippen LogP contribution is 2.29. The van der Waals surface area contributed by atoms with Crippen molar-refractivity contribution in [2.24, 2.45) is 0 Å². The smallest absolute Gasteiger partial charge is 0.259 e. The molecule has 148 valence electrons. The van der Waals surface area contributed by atoms with Gasteiger partial charge in [-0.15, -0.1) is 0 Å². The summed E-state index contributed by atoms with van der Waals surface area (Å²) in [5.74, 6) is -1.11. The summed E-state index contributed by atoms with van der Waals surface area (Å²) in [6.07, 6.45) is 2.29. The van der Waals surface area contributed by atoms with Gasteiger partial charge in [-0.3, -0.25) is 9.59 Å². The summed E-state index contributed by atoms with van der Waals surface area (Å²) in [6, 6.07) is 8.84. The molecule has 0 bridgehead atoms. The Bertz CT molecular complexity index is 1150. The summed E-state index contributed by atoms with van der Waals surface area (Å²) in [7, 11) is 0. The molecule has 0 unspecified atom stereocenters. The number of benzene rings is 2. The van der Waals surface area contributed by atoms with Crippen LogP contribution in [0.15, 0.2) is 36.5 Å². The van der Waals surface area contributed by atoms with E-state index in [0.29, 0.717) is 29.8 Å². The van der Waals surface area contributed by atoms with Crippen molar-refractivity contribution in [2.75, 3.05) is 10.6 Å². The number of amides is 2. The molecule has 1 aliphatic rings. The zero-order valence-corrected chi connectivity index (χ0v) is 16.5. The predicted molar refractivity (Wildman–Crippen MR) is 109 cm³/mol. The molecule has 0 fully saturated rings. The predicted octanol–water partition coefficient (Wildman–Crippen LogP) is 4.07. The van der Waals surface area contributed by atoms with Crippen molar-refractivity contribution in [3.63, 3.8) is 0 Å². The monoisotopic (exact) mass is 392 g/mol. The van der Waals surface area contributed by atoms with E-state index in [1.54, 1.807) is 11.6 Å². The molecule has 4 rings (SSSR count). The Morgan fingerprint density at radius 1 is 1.17 bits per heavy atom. The number of hydrogen-bond acceptors (Lipinski definition) is 3. The maximum absolute atomic E-state index is 14.5. The van der Waals surface area contributed by atoms with Crippen molar-refractivity contribution in [1.29, 1.82) is 0 Å². The van der Waals surface area contributed by atoms with Gasteiger partial charge in [0.15, 0.2) is 0 Å². The van der Waals surface area contributed by atoms with Gasteiger partial charge in [0.05, 0.1) is 28.8 Å². The maximum Gasteiger partial charge on any atom is 0.259 e. The fourth-order valence-electron chi connectivity index (χ4n) is 3.51. The average Bonchev–Trinajstić information content (AvgIpc) is 3.06. The van der Waals surface area contributed by atoms with E-state index in [2.05, 4.69) is 15.7 Å². The standard InChI is InChI=1S/C22H21FN4O2/c1-12-4-5-13(2)20(8-12)27-14(3)16(11-24-27)22(29)26-19-10-18-15(9-17(19)23)6-7-21(28)25-18/h4-5,8-11H,6-7H2,1-3H3,(H,25,28)(H,26,29). The number of aromatic nitrogens is 2. The zero-order chi connectivity index (χ0) is 20.7. The Morgan fingerprint density at radius 2 is 1.97 bits per heavy atom. The third-order valence-electron chi connectivity index (χ3n) is 5.18. The van der Waals surface area contributed by atoms with Crippen LogP contribution in [0.25, 0.3) is 5.69 Å². The molecule has 2 aromatic carbocycles. The van der Waals surface area contributed by atoms with Gasteiger partial charge in [-0.25, -0.2) is 9.07 Å². The van der Waals surface area contributed by atoms with Crippen LogP contribution in [0, 0.1) is 26.6 Å². The van der Waals surface area contributed by atoms with Crippen LogP contribution in [-0.4, -0.2) is 21.6 Å². The quantitative estimate of drug-likeness (QED) is 0.705. The molecule has 0 saturated heterocycles. The lowest BCUT2D eigenvalue weighted by Crippen LogP contribution is -2.20. The van der Waals surface area contributed by atoms with Crippen LogP contribution in [0.1, 0.15) is 39.2 Å². The number of nitrogens with zero attached hydrogens (tertiary/aromatic N) is 2. The van der Waals surface area contributed by atoms with Gasteiger partial charge in [-0.2, -0.15) is 5.10 Å². The van der Waals surface area contributed by atoms with Crippen molar-refractivity contribution < 1.29 is 14.0 Å². The number of rotatable bonds is 3. The second kappa shape index (κ2) is 7.16. The molecule has 0 spiro atoms. The molecule has 0 radical (unpaired) electrons. The van der Waals surface area contributed by atoms with Crippen molar-refractivity contribution >= 4 is 23.2 Å². The molecule has 2 heterocycles. The number of carbonyl (C=O) groups is 2. The molecule has 0 atom stereocenters. The third-order valence-corrected chi connectivity index (χ3v) is 5.18. The molecular weight excluding hydrogens is 371 g/mol. The first-order valence-corrected chi connectivity index (χ1v) is 9.39. The van der Waals surface area contributed by atoms with Gasteiger partial charge in [0.25, 0.3) is 5.91 Å². The molecule has 2 N–H and O–H groups in total. The topological polar surface area (TPSA) is 76.0 Å². The van der Waals surface area contributed by atoms with Gasteiger partial charge in [-0.1, -0.05) is 12.1 Å². The summed E-state index contributed by atoms with van der Waals surface area (Å²) in [5, 5.41) is 9.68. The number of nitrogens with one attached hydrogen (secondary N) is 2. The molecule has 3 aromatic rings. The van der Waals surface area contributed by atoms with E-state index in [0.717, 1.165) is 22.4 Å². The normalized spacial score (nSPS) is 13.0. The van der Waals surface area contributed by atoms with Gasteiger partial charge in [-0.05, 0) is 62.1 Å². The lowest BCUT2D eigenvalue weighted by molar-refractivity contribution is -0.116. The number of anilines is 2. The first kappa shape index (κ1) is 18.9. The highest BCUT2D eigenvalue weighted by Gasteiger charge is 2.21. The summed E-state index contributed by atoms with van der Waals surface area (Å²) < 4.78 is 16.2. The Hall–Kier alpha value is -3.48. The molecule has 1 aliphatic heterocycles. The number of aryl methyl sites for hydroxylation is 3. The van der Waals surface area contributed by atoms with Crippen LogP contribution in [0.2, 0.25) is 0 Å². The molecule has 29 heavy (non-hydrogen) atoms.